The summed E-state index contributed by atoms with van der Waals surface area (Å²) in [5.41, 5.74) is 1.48. The van der Waals surface area contributed by atoms with Gasteiger partial charge in [0, 0.05) is 29.6 Å². The van der Waals surface area contributed by atoms with E-state index in [1.165, 1.54) is 15.2 Å². The number of carbonyl (C=O) groups excluding carboxylic acids is 1. The topological polar surface area (TPSA) is 66.5 Å². The van der Waals surface area contributed by atoms with Gasteiger partial charge in [0.2, 0.25) is 10.0 Å². The van der Waals surface area contributed by atoms with Crippen LogP contribution < -0.4 is 5.32 Å². The lowest BCUT2D eigenvalue weighted by Gasteiger charge is -2.26. The molecule has 1 atom stereocenters. The van der Waals surface area contributed by atoms with Crippen molar-refractivity contribution in [3.05, 3.63) is 51.7 Å². The van der Waals surface area contributed by atoms with Crippen LogP contribution in [0.25, 0.3) is 0 Å². The minimum atomic E-state index is -3.61. The van der Waals surface area contributed by atoms with Crippen molar-refractivity contribution in [2.75, 3.05) is 6.54 Å². The monoisotopic (exact) mass is 390 g/mol. The van der Waals surface area contributed by atoms with Crippen LogP contribution in [0.2, 0.25) is 0 Å². The number of carbonyl (C=O) groups is 1. The molecule has 2 heterocycles. The van der Waals surface area contributed by atoms with Crippen molar-refractivity contribution in [2.24, 2.45) is 5.92 Å². The van der Waals surface area contributed by atoms with Crippen LogP contribution in [-0.4, -0.2) is 31.2 Å². The Kier molecular flexibility index (Phi) is 4.62. The van der Waals surface area contributed by atoms with Gasteiger partial charge in [-0.15, -0.1) is 11.3 Å². The molecule has 1 aliphatic heterocycles. The van der Waals surface area contributed by atoms with E-state index in [0.29, 0.717) is 24.6 Å². The summed E-state index contributed by atoms with van der Waals surface area (Å²) < 4.78 is 27.6. The highest BCUT2D eigenvalue weighted by Gasteiger charge is 2.31. The maximum Gasteiger partial charge on any atom is 0.251 e. The zero-order valence-corrected chi connectivity index (χ0v) is 16.3. The first-order valence-electron chi connectivity index (χ1n) is 8.91. The molecule has 1 amide bonds. The van der Waals surface area contributed by atoms with Gasteiger partial charge < -0.3 is 5.32 Å². The normalized spacial score (nSPS) is 19.0. The van der Waals surface area contributed by atoms with Gasteiger partial charge >= 0.3 is 0 Å². The fourth-order valence-electron chi connectivity index (χ4n) is 3.38. The van der Waals surface area contributed by atoms with Gasteiger partial charge in [-0.1, -0.05) is 6.07 Å². The van der Waals surface area contributed by atoms with Crippen molar-refractivity contribution in [2.45, 2.75) is 43.7 Å². The lowest BCUT2D eigenvalue weighted by molar-refractivity contribution is 0.0935. The Morgan fingerprint density at radius 3 is 2.88 bits per heavy atom. The van der Waals surface area contributed by atoms with Crippen LogP contribution in [0, 0.1) is 5.92 Å². The molecular weight excluding hydrogens is 368 g/mol. The second kappa shape index (κ2) is 6.79. The fraction of sp³-hybridized carbons (Fsp3) is 0.421. The summed E-state index contributed by atoms with van der Waals surface area (Å²) in [6, 6.07) is 8.49. The van der Waals surface area contributed by atoms with E-state index < -0.39 is 10.0 Å². The number of hydrogen-bond donors (Lipinski definition) is 1. The minimum absolute atomic E-state index is 0.127. The van der Waals surface area contributed by atoms with Gasteiger partial charge in [0.1, 0.15) is 0 Å². The molecule has 4 rings (SSSR count). The number of amides is 1. The predicted molar refractivity (Wildman–Crippen MR) is 102 cm³/mol. The molecule has 1 aromatic heterocycles. The first-order valence-corrected chi connectivity index (χ1v) is 11.2. The highest BCUT2D eigenvalue weighted by atomic mass is 32.2. The Morgan fingerprint density at radius 2 is 2.12 bits per heavy atom. The van der Waals surface area contributed by atoms with Crippen molar-refractivity contribution < 1.29 is 13.2 Å². The van der Waals surface area contributed by atoms with Gasteiger partial charge in [-0.05, 0) is 67.3 Å². The first kappa shape index (κ1) is 17.7. The number of fused-ring (bicyclic) bond motifs is 1. The Balaban J connectivity index is 1.54. The highest BCUT2D eigenvalue weighted by molar-refractivity contribution is 7.89. The van der Waals surface area contributed by atoms with Gasteiger partial charge in [0.25, 0.3) is 5.91 Å². The molecular formula is C19H22N2O3S2. The van der Waals surface area contributed by atoms with E-state index in [1.807, 2.05) is 18.4 Å². The molecule has 5 nitrogen and oxygen atoms in total. The number of benzene rings is 1. The van der Waals surface area contributed by atoms with E-state index in [1.54, 1.807) is 29.5 Å². The fourth-order valence-corrected chi connectivity index (χ4v) is 5.73. The highest BCUT2D eigenvalue weighted by Crippen LogP contribution is 2.32. The molecule has 1 saturated carbocycles. The second-order valence-electron chi connectivity index (χ2n) is 7.09. The summed E-state index contributed by atoms with van der Waals surface area (Å²) in [4.78, 5) is 13.9. The van der Waals surface area contributed by atoms with Crippen LogP contribution in [0.15, 0.2) is 40.6 Å². The lowest BCUT2D eigenvalue weighted by atomic mass is 10.1. The number of rotatable bonds is 5. The van der Waals surface area contributed by atoms with Crippen LogP contribution in [0.4, 0.5) is 0 Å². The van der Waals surface area contributed by atoms with E-state index in [2.05, 4.69) is 5.32 Å². The molecule has 0 radical (unpaired) electrons. The summed E-state index contributed by atoms with van der Waals surface area (Å²) in [6.07, 6.45) is 3.04. The summed E-state index contributed by atoms with van der Waals surface area (Å²) in [5, 5.41) is 4.99. The van der Waals surface area contributed by atoms with Crippen molar-refractivity contribution in [3.8, 4) is 0 Å². The second-order valence-corrected chi connectivity index (χ2v) is 10.0. The van der Waals surface area contributed by atoms with Crippen molar-refractivity contribution in [1.29, 1.82) is 0 Å². The zero-order valence-electron chi connectivity index (χ0n) is 14.6. The smallest absolute Gasteiger partial charge is 0.251 e. The summed E-state index contributed by atoms with van der Waals surface area (Å²) in [5.74, 6) is 0.347. The average Bonchev–Trinajstić information content (AvgIpc) is 3.39. The molecule has 138 valence electrons. The predicted octanol–water partition coefficient (Wildman–Crippen LogP) is 3.02. The molecule has 7 heteroatoms. The van der Waals surface area contributed by atoms with E-state index in [9.17, 15) is 13.2 Å². The molecule has 1 N–H and O–H groups in total. The van der Waals surface area contributed by atoms with E-state index >= 15 is 0 Å². The van der Waals surface area contributed by atoms with E-state index in [0.717, 1.165) is 24.8 Å². The maximum absolute atomic E-state index is 13.0. The van der Waals surface area contributed by atoms with Crippen molar-refractivity contribution >= 4 is 27.3 Å². The third-order valence-electron chi connectivity index (χ3n) is 5.19. The molecule has 0 saturated heterocycles. The van der Waals surface area contributed by atoms with Crippen LogP contribution >= 0.6 is 11.3 Å². The minimum Gasteiger partial charge on any atom is -0.349 e. The van der Waals surface area contributed by atoms with Gasteiger partial charge in [-0.2, -0.15) is 4.31 Å². The molecule has 1 unspecified atom stereocenters. The summed E-state index contributed by atoms with van der Waals surface area (Å²) in [6.45, 7) is 2.88. The van der Waals surface area contributed by atoms with Gasteiger partial charge in [-0.3, -0.25) is 4.79 Å². The molecule has 1 aliphatic carbocycles. The molecule has 0 spiro atoms. The van der Waals surface area contributed by atoms with Gasteiger partial charge in [-0.25, -0.2) is 8.42 Å². The van der Waals surface area contributed by atoms with Crippen LogP contribution in [0.1, 0.15) is 40.6 Å². The molecule has 2 aliphatic rings. The van der Waals surface area contributed by atoms with Crippen molar-refractivity contribution in [3.63, 3.8) is 0 Å². The van der Waals surface area contributed by atoms with Crippen LogP contribution in [0.5, 0.6) is 0 Å². The Hall–Kier alpha value is -1.70. The average molecular weight is 391 g/mol. The number of sulfonamides is 1. The molecule has 26 heavy (non-hydrogen) atoms. The first-order chi connectivity index (χ1) is 12.4. The Bertz CT molecular complexity index is 932. The zero-order chi connectivity index (χ0) is 18.3. The maximum atomic E-state index is 13.0. The quantitative estimate of drug-likeness (QED) is 0.853. The number of nitrogens with one attached hydrogen (secondary N) is 1. The van der Waals surface area contributed by atoms with Crippen LogP contribution in [-0.2, 0) is 23.0 Å². The Morgan fingerprint density at radius 1 is 1.31 bits per heavy atom. The lowest BCUT2D eigenvalue weighted by Crippen LogP contribution is -2.36. The Labute approximate surface area is 158 Å². The summed E-state index contributed by atoms with van der Waals surface area (Å²) >= 11 is 1.68. The molecule has 1 aromatic carbocycles. The third kappa shape index (κ3) is 3.43. The van der Waals surface area contributed by atoms with Crippen molar-refractivity contribution in [1.82, 2.24) is 9.62 Å². The van der Waals surface area contributed by atoms with Crippen LogP contribution in [0.3, 0.4) is 0 Å². The molecule has 1 fully saturated rings. The van der Waals surface area contributed by atoms with E-state index in [4.69, 9.17) is 0 Å². The number of thiophene rings is 1. The number of nitrogens with zero attached hydrogens (tertiary/aromatic N) is 1. The SMILES string of the molecule is CC(NC(=O)c1cccc(S(=O)(=O)N2CCc3sccc3C2)c1)C1CC1. The molecule has 0 bridgehead atoms. The van der Waals surface area contributed by atoms with E-state index in [-0.39, 0.29) is 16.8 Å². The van der Waals surface area contributed by atoms with Gasteiger partial charge in [0.05, 0.1) is 4.90 Å². The number of hydrogen-bond acceptors (Lipinski definition) is 4. The standard InChI is InChI=1S/C19H22N2O3S2/c1-13(14-5-6-14)20-19(22)15-3-2-4-17(11-15)26(23,24)21-9-7-18-16(12-21)8-10-25-18/h2-4,8,10-11,13-14H,5-7,9,12H2,1H3,(H,20,22). The summed E-state index contributed by atoms with van der Waals surface area (Å²) in [7, 11) is -3.61. The third-order valence-corrected chi connectivity index (χ3v) is 8.06. The largest absolute Gasteiger partial charge is 0.349 e. The van der Waals surface area contributed by atoms with Gasteiger partial charge in [0.15, 0.2) is 0 Å². The molecule has 2 aromatic rings.